The van der Waals surface area contributed by atoms with E-state index in [9.17, 15) is 47.9 Å². The predicted octanol–water partition coefficient (Wildman–Crippen LogP) is -0.606. The van der Waals surface area contributed by atoms with Crippen molar-refractivity contribution in [3.63, 3.8) is 0 Å². The summed E-state index contributed by atoms with van der Waals surface area (Å²) in [5, 5.41) is 22.7. The SMILES string of the molecule is CC(C)C[C@@H]1NC(=O)[C@H](CCCN)NC(=O)[C@@H]2CCCN2C(=O)[C@@H](Cc2ccccc2)NC(=O)[C@H](CCCN)NC(=O)[C@H](CC(C)C)NC(=O)[C@H](CCCN)NC(=O)[C@@H]2CCCN2C(=O)[C@@H](Cc2ccccc2)NC(=O)[C@H](CCCN)NC1=O. The van der Waals surface area contributed by atoms with Crippen molar-refractivity contribution in [1.82, 2.24) is 52.3 Å². The van der Waals surface area contributed by atoms with Gasteiger partial charge in [-0.2, -0.15) is 0 Å². The zero-order chi connectivity index (χ0) is 61.3. The van der Waals surface area contributed by atoms with Crippen LogP contribution in [0.15, 0.2) is 60.7 Å². The van der Waals surface area contributed by atoms with Crippen LogP contribution in [0.1, 0.15) is 129 Å². The highest BCUT2D eigenvalue weighted by Gasteiger charge is 2.43. The molecule has 84 heavy (non-hydrogen) atoms. The third-order valence-corrected chi connectivity index (χ3v) is 15.5. The monoisotopic (exact) mass is 1170 g/mol. The minimum atomic E-state index is -1.24. The highest BCUT2D eigenvalue weighted by molar-refractivity contribution is 6.00. The smallest absolute Gasteiger partial charge is 0.246 e. The fourth-order valence-electron chi connectivity index (χ4n) is 11.0. The number of carbonyl (C=O) groups is 10. The minimum Gasteiger partial charge on any atom is -0.343 e. The van der Waals surface area contributed by atoms with Crippen molar-refractivity contribution in [3.8, 4) is 0 Å². The summed E-state index contributed by atoms with van der Waals surface area (Å²) in [6, 6.07) is 5.94. The van der Waals surface area contributed by atoms with Gasteiger partial charge in [0.15, 0.2) is 0 Å². The van der Waals surface area contributed by atoms with Gasteiger partial charge >= 0.3 is 0 Å². The Morgan fingerprint density at radius 2 is 0.643 bits per heavy atom. The van der Waals surface area contributed by atoms with Crippen molar-refractivity contribution >= 4 is 59.1 Å². The number of hydrogen-bond donors (Lipinski definition) is 12. The molecule has 464 valence electrons. The lowest BCUT2D eigenvalue weighted by Gasteiger charge is -2.32. The second-order valence-corrected chi connectivity index (χ2v) is 23.2. The van der Waals surface area contributed by atoms with Crippen LogP contribution in [0.3, 0.4) is 0 Å². The molecular weight excluding hydrogens is 1080 g/mol. The summed E-state index contributed by atoms with van der Waals surface area (Å²) in [5.74, 6) is -6.96. The van der Waals surface area contributed by atoms with Crippen molar-refractivity contribution in [2.45, 2.75) is 191 Å². The van der Waals surface area contributed by atoms with E-state index >= 15 is 0 Å². The first kappa shape index (κ1) is 67.8. The summed E-state index contributed by atoms with van der Waals surface area (Å²) in [5.41, 5.74) is 25.1. The van der Waals surface area contributed by atoms with Crippen LogP contribution in [0.5, 0.6) is 0 Å². The molecule has 3 aliphatic rings. The molecule has 10 atom stereocenters. The first-order valence-corrected chi connectivity index (χ1v) is 30.2. The van der Waals surface area contributed by atoms with Gasteiger partial charge in [-0.3, -0.25) is 47.9 Å². The third kappa shape index (κ3) is 20.6. The number of rotatable bonds is 20. The van der Waals surface area contributed by atoms with E-state index in [0.717, 1.165) is 0 Å². The Hall–Kier alpha value is -7.02. The summed E-state index contributed by atoms with van der Waals surface area (Å²) >= 11 is 0. The van der Waals surface area contributed by atoms with E-state index in [4.69, 9.17) is 22.9 Å². The Morgan fingerprint density at radius 3 is 0.929 bits per heavy atom. The van der Waals surface area contributed by atoms with Crippen LogP contribution in [-0.2, 0) is 60.8 Å². The van der Waals surface area contributed by atoms with Crippen LogP contribution in [0.2, 0.25) is 0 Å². The van der Waals surface area contributed by atoms with Gasteiger partial charge in [0.25, 0.3) is 0 Å². The molecule has 3 fully saturated rings. The van der Waals surface area contributed by atoms with Crippen molar-refractivity contribution < 1.29 is 47.9 Å². The largest absolute Gasteiger partial charge is 0.343 e. The van der Waals surface area contributed by atoms with Gasteiger partial charge in [-0.25, -0.2) is 0 Å². The second kappa shape index (κ2) is 34.7. The van der Waals surface area contributed by atoms with Crippen LogP contribution >= 0.6 is 0 Å². The number of benzene rings is 2. The molecule has 0 unspecified atom stereocenters. The summed E-state index contributed by atoms with van der Waals surface area (Å²) in [4.78, 5) is 149. The van der Waals surface area contributed by atoms with Gasteiger partial charge in [0, 0.05) is 25.9 Å². The van der Waals surface area contributed by atoms with E-state index < -0.39 is 119 Å². The lowest BCUT2D eigenvalue weighted by atomic mass is 10.00. The van der Waals surface area contributed by atoms with Crippen LogP contribution in [-0.4, -0.2) is 169 Å². The lowest BCUT2D eigenvalue weighted by Crippen LogP contribution is -2.61. The van der Waals surface area contributed by atoms with Crippen LogP contribution in [0, 0.1) is 11.8 Å². The van der Waals surface area contributed by atoms with Gasteiger partial charge in [0.2, 0.25) is 59.1 Å². The molecule has 3 aliphatic heterocycles. The van der Waals surface area contributed by atoms with Crippen molar-refractivity contribution in [3.05, 3.63) is 71.8 Å². The van der Waals surface area contributed by atoms with Crippen LogP contribution in [0.4, 0.5) is 0 Å². The Morgan fingerprint density at radius 1 is 0.381 bits per heavy atom. The number of nitrogens with zero attached hydrogens (tertiary/aromatic N) is 2. The molecule has 0 aromatic heterocycles. The number of nitrogens with two attached hydrogens (primary N) is 4. The molecule has 3 heterocycles. The Bertz CT molecular complexity index is 2340. The van der Waals surface area contributed by atoms with Crippen molar-refractivity contribution in [1.29, 1.82) is 0 Å². The molecule has 10 amide bonds. The van der Waals surface area contributed by atoms with E-state index in [1.165, 1.54) is 9.80 Å². The molecular formula is C60H94N14O10. The third-order valence-electron chi connectivity index (χ3n) is 15.5. The maximum absolute atomic E-state index is 14.9. The lowest BCUT2D eigenvalue weighted by molar-refractivity contribution is -0.143. The standard InChI is InChI=1S/C60H94N14O10/c1-37(2)33-45-55(79)65-41(21-11-27-61)53(77)71-47(35-39-17-7-5-8-18-39)59(83)74-32-16-26-50(74)58(82)68-44(24-14-30-64)52(76)70-46(34-38(3)4)56(80)66-42(22-12-28-62)54(78)72-48(36-40-19-9-6-10-20-40)60(84)73-31-15-25-49(73)57(81)67-43(23-13-29-63)51(75)69-45/h5-10,17-20,37-38,41-50H,11-16,21-36,61-64H2,1-4H3,(H,65,79)(H,66,80)(H,67,81)(H,68,82)(H,69,75)(H,70,76)(H,71,77)(H,72,78)/t41-,42-,43-,44-,45-,46-,47+,48+,49-,50-/m0/s1. The number of nitrogens with one attached hydrogen (secondary N) is 8. The fraction of sp³-hybridized carbons (Fsp3) is 0.633. The first-order chi connectivity index (χ1) is 40.3. The van der Waals surface area contributed by atoms with E-state index in [0.29, 0.717) is 36.8 Å². The molecule has 0 radical (unpaired) electrons. The maximum Gasteiger partial charge on any atom is 0.246 e. The Labute approximate surface area is 494 Å². The van der Waals surface area contributed by atoms with Crippen molar-refractivity contribution in [2.75, 3.05) is 39.3 Å². The van der Waals surface area contributed by atoms with Crippen LogP contribution in [0.25, 0.3) is 0 Å². The molecule has 0 bridgehead atoms. The van der Waals surface area contributed by atoms with Gasteiger partial charge < -0.3 is 75.3 Å². The number of hydrogen-bond acceptors (Lipinski definition) is 14. The van der Waals surface area contributed by atoms with Gasteiger partial charge in [0.05, 0.1) is 0 Å². The van der Waals surface area contributed by atoms with Gasteiger partial charge in [0.1, 0.15) is 60.4 Å². The highest BCUT2D eigenvalue weighted by Crippen LogP contribution is 2.23. The van der Waals surface area contributed by atoms with Gasteiger partial charge in [-0.15, -0.1) is 0 Å². The van der Waals surface area contributed by atoms with Crippen molar-refractivity contribution in [2.24, 2.45) is 34.8 Å². The Balaban J connectivity index is 1.59. The number of fused-ring (bicyclic) bond motifs is 2. The number of amides is 10. The zero-order valence-electron chi connectivity index (χ0n) is 49.5. The maximum atomic E-state index is 14.9. The first-order valence-electron chi connectivity index (χ1n) is 30.2. The zero-order valence-corrected chi connectivity index (χ0v) is 49.5. The summed E-state index contributed by atoms with van der Waals surface area (Å²) in [6.07, 6.45) is 2.97. The van der Waals surface area contributed by atoms with E-state index in [1.807, 2.05) is 27.7 Å². The van der Waals surface area contributed by atoms with E-state index in [1.54, 1.807) is 60.7 Å². The van der Waals surface area contributed by atoms with E-state index in [2.05, 4.69) is 42.5 Å². The quantitative estimate of drug-likeness (QED) is 0.0788. The fourth-order valence-corrected chi connectivity index (χ4v) is 11.0. The molecule has 0 aliphatic carbocycles. The predicted molar refractivity (Wildman–Crippen MR) is 317 cm³/mol. The molecule has 0 saturated carbocycles. The molecule has 0 spiro atoms. The molecule has 3 saturated heterocycles. The molecule has 2 aromatic carbocycles. The second-order valence-electron chi connectivity index (χ2n) is 23.2. The average Bonchev–Trinajstić information content (AvgIpc) is 4.35. The van der Waals surface area contributed by atoms with Gasteiger partial charge in [-0.05, 0) is 139 Å². The minimum absolute atomic E-state index is 0.00632. The highest BCUT2D eigenvalue weighted by atomic mass is 16.2. The molecule has 16 N–H and O–H groups in total. The summed E-state index contributed by atoms with van der Waals surface area (Å²) < 4.78 is 0. The normalized spacial score (nSPS) is 26.1. The molecule has 5 rings (SSSR count). The number of carbonyl (C=O) groups excluding carboxylic acids is 10. The molecule has 24 heteroatoms. The average molecular weight is 1170 g/mol. The summed E-state index contributed by atoms with van der Waals surface area (Å²) in [7, 11) is 0. The van der Waals surface area contributed by atoms with Crippen LogP contribution < -0.4 is 65.5 Å². The summed E-state index contributed by atoms with van der Waals surface area (Å²) in [6.45, 7) is 8.34. The van der Waals surface area contributed by atoms with Gasteiger partial charge in [-0.1, -0.05) is 88.4 Å². The van der Waals surface area contributed by atoms with E-state index in [-0.39, 0.29) is 128 Å². The Kier molecular flexibility index (Phi) is 28.0. The topological polar surface area (TPSA) is 377 Å². The molecule has 2 aromatic rings. The molecule has 24 nitrogen and oxygen atoms in total.